The minimum absolute atomic E-state index is 0.0467. The van der Waals surface area contributed by atoms with Crippen molar-refractivity contribution in [2.75, 3.05) is 26.2 Å². The molecule has 26 heavy (non-hydrogen) atoms. The summed E-state index contributed by atoms with van der Waals surface area (Å²) in [6.07, 6.45) is 0.583. The Morgan fingerprint density at radius 1 is 1.15 bits per heavy atom. The predicted octanol–water partition coefficient (Wildman–Crippen LogP) is 0.983. The van der Waals surface area contributed by atoms with Gasteiger partial charge < -0.3 is 9.32 Å². The molecule has 3 rings (SSSR count). The zero-order valence-corrected chi connectivity index (χ0v) is 15.1. The number of halogens is 1. The van der Waals surface area contributed by atoms with Crippen molar-refractivity contribution in [3.63, 3.8) is 0 Å². The summed E-state index contributed by atoms with van der Waals surface area (Å²) in [7, 11) is -3.68. The largest absolute Gasteiger partial charge is 0.426 e. The maximum atomic E-state index is 13.0. The van der Waals surface area contributed by atoms with E-state index in [9.17, 15) is 17.6 Å². The number of hydrogen-bond acceptors (Lipinski definition) is 6. The highest BCUT2D eigenvalue weighted by atomic mass is 32.2. The van der Waals surface area contributed by atoms with Gasteiger partial charge in [0.1, 0.15) is 5.82 Å². The Kier molecular flexibility index (Phi) is 5.33. The predicted molar refractivity (Wildman–Crippen MR) is 89.1 cm³/mol. The smallest absolute Gasteiger partial charge is 0.243 e. The van der Waals surface area contributed by atoms with Gasteiger partial charge in [0.15, 0.2) is 0 Å². The van der Waals surface area contributed by atoms with E-state index in [1.165, 1.54) is 16.4 Å². The molecule has 1 aromatic carbocycles. The molecule has 1 aromatic heterocycles. The molecule has 0 aliphatic carbocycles. The van der Waals surface area contributed by atoms with Crippen molar-refractivity contribution >= 4 is 15.9 Å². The number of carbonyl (C=O) groups excluding carboxylic acids is 1. The molecule has 0 bridgehead atoms. The number of benzene rings is 1. The third-order valence-corrected chi connectivity index (χ3v) is 6.08. The summed E-state index contributed by atoms with van der Waals surface area (Å²) in [4.78, 5) is 13.9. The van der Waals surface area contributed by atoms with Gasteiger partial charge in [-0.05, 0) is 24.3 Å². The number of aromatic nitrogens is 2. The number of sulfonamides is 1. The molecular weight excluding hydrogens is 363 g/mol. The molecule has 0 spiro atoms. The second kappa shape index (κ2) is 7.50. The highest BCUT2D eigenvalue weighted by Crippen LogP contribution is 2.18. The Balaban J connectivity index is 1.54. The quantitative estimate of drug-likeness (QED) is 0.765. The number of amides is 1. The highest BCUT2D eigenvalue weighted by Gasteiger charge is 2.30. The first-order valence-corrected chi connectivity index (χ1v) is 9.63. The lowest BCUT2D eigenvalue weighted by atomic mass is 10.2. The van der Waals surface area contributed by atoms with Crippen LogP contribution in [-0.4, -0.2) is 59.9 Å². The number of rotatable bonds is 5. The van der Waals surface area contributed by atoms with Crippen LogP contribution in [0.5, 0.6) is 0 Å². The van der Waals surface area contributed by atoms with Gasteiger partial charge in [-0.2, -0.15) is 4.31 Å². The molecule has 0 N–H and O–H groups in total. The van der Waals surface area contributed by atoms with Crippen LogP contribution in [0.25, 0.3) is 0 Å². The maximum Gasteiger partial charge on any atom is 0.243 e. The first kappa shape index (κ1) is 18.5. The molecule has 10 heteroatoms. The van der Waals surface area contributed by atoms with E-state index in [1.807, 2.05) is 0 Å². The molecule has 0 radical (unpaired) electrons. The first-order chi connectivity index (χ1) is 12.4. The number of nitrogens with zero attached hydrogens (tertiary/aromatic N) is 4. The maximum absolute atomic E-state index is 13.0. The van der Waals surface area contributed by atoms with E-state index in [2.05, 4.69) is 10.2 Å². The molecule has 2 heterocycles. The SMILES string of the molecule is Cc1nnc(CCC(=O)N2CCN(S(=O)(=O)c3ccc(F)cc3)CC2)o1. The van der Waals surface area contributed by atoms with Crippen molar-refractivity contribution < 1.29 is 22.0 Å². The fraction of sp³-hybridized carbons (Fsp3) is 0.438. The number of aryl methyl sites for hydroxylation is 2. The highest BCUT2D eigenvalue weighted by molar-refractivity contribution is 7.89. The Labute approximate surface area is 150 Å². The average Bonchev–Trinajstić information content (AvgIpc) is 3.05. The molecule has 1 amide bonds. The van der Waals surface area contributed by atoms with Gasteiger partial charge in [-0.15, -0.1) is 10.2 Å². The summed E-state index contributed by atoms with van der Waals surface area (Å²) < 4.78 is 44.7. The molecule has 140 valence electrons. The summed E-state index contributed by atoms with van der Waals surface area (Å²) in [6.45, 7) is 2.69. The average molecular weight is 382 g/mol. The van der Waals surface area contributed by atoms with Crippen LogP contribution in [0.4, 0.5) is 4.39 Å². The number of hydrogen-bond donors (Lipinski definition) is 0. The van der Waals surface area contributed by atoms with Crippen LogP contribution in [0, 0.1) is 12.7 Å². The van der Waals surface area contributed by atoms with E-state index in [0.29, 0.717) is 31.3 Å². The molecule has 0 atom stereocenters. The third-order valence-electron chi connectivity index (χ3n) is 4.16. The molecule has 2 aromatic rings. The van der Waals surface area contributed by atoms with Gasteiger partial charge in [0.05, 0.1) is 4.90 Å². The van der Waals surface area contributed by atoms with Crippen molar-refractivity contribution in [3.05, 3.63) is 41.9 Å². The van der Waals surface area contributed by atoms with Crippen LogP contribution >= 0.6 is 0 Å². The molecule has 8 nitrogen and oxygen atoms in total. The fourth-order valence-corrected chi connectivity index (χ4v) is 4.17. The second-order valence-corrected chi connectivity index (χ2v) is 7.89. The van der Waals surface area contributed by atoms with Gasteiger partial charge >= 0.3 is 0 Å². The summed E-state index contributed by atoms with van der Waals surface area (Å²) in [5, 5.41) is 7.56. The van der Waals surface area contributed by atoms with Gasteiger partial charge in [0, 0.05) is 45.9 Å². The van der Waals surface area contributed by atoms with Gasteiger partial charge in [-0.25, -0.2) is 12.8 Å². The Hall–Kier alpha value is -2.33. The molecule has 1 aliphatic rings. The summed E-state index contributed by atoms with van der Waals surface area (Å²) in [6, 6.07) is 4.72. The van der Waals surface area contributed by atoms with Crippen molar-refractivity contribution in [2.45, 2.75) is 24.7 Å². The van der Waals surface area contributed by atoms with Crippen molar-refractivity contribution in [1.82, 2.24) is 19.4 Å². The lowest BCUT2D eigenvalue weighted by Crippen LogP contribution is -2.50. The topological polar surface area (TPSA) is 96.6 Å². The van der Waals surface area contributed by atoms with Crippen LogP contribution in [0.15, 0.2) is 33.6 Å². The monoisotopic (exact) mass is 382 g/mol. The standard InChI is InChI=1S/C16H19FN4O4S/c1-12-18-19-15(25-12)6-7-16(22)20-8-10-21(11-9-20)26(23,24)14-4-2-13(17)3-5-14/h2-5H,6-11H2,1H3. The van der Waals surface area contributed by atoms with Crippen molar-refractivity contribution in [3.8, 4) is 0 Å². The lowest BCUT2D eigenvalue weighted by molar-refractivity contribution is -0.132. The Morgan fingerprint density at radius 3 is 2.38 bits per heavy atom. The number of carbonyl (C=O) groups is 1. The molecular formula is C16H19FN4O4S. The van der Waals surface area contributed by atoms with E-state index < -0.39 is 15.8 Å². The van der Waals surface area contributed by atoms with E-state index in [-0.39, 0.29) is 30.3 Å². The molecule has 1 saturated heterocycles. The second-order valence-electron chi connectivity index (χ2n) is 5.95. The minimum Gasteiger partial charge on any atom is -0.426 e. The van der Waals surface area contributed by atoms with Gasteiger partial charge in [-0.1, -0.05) is 0 Å². The zero-order valence-electron chi connectivity index (χ0n) is 14.3. The molecule has 0 saturated carbocycles. The van der Waals surface area contributed by atoms with E-state index in [4.69, 9.17) is 4.42 Å². The van der Waals surface area contributed by atoms with Gasteiger partial charge in [0.25, 0.3) is 0 Å². The molecule has 1 fully saturated rings. The zero-order chi connectivity index (χ0) is 18.7. The van der Waals surface area contributed by atoms with Crippen molar-refractivity contribution in [2.24, 2.45) is 0 Å². The van der Waals surface area contributed by atoms with E-state index >= 15 is 0 Å². The number of piperazine rings is 1. The lowest BCUT2D eigenvalue weighted by Gasteiger charge is -2.34. The van der Waals surface area contributed by atoms with Crippen LogP contribution in [0.3, 0.4) is 0 Å². The molecule has 1 aliphatic heterocycles. The first-order valence-electron chi connectivity index (χ1n) is 8.19. The molecule has 0 unspecified atom stereocenters. The van der Waals surface area contributed by atoms with Crippen LogP contribution in [0.2, 0.25) is 0 Å². The third kappa shape index (κ3) is 4.07. The summed E-state index contributed by atoms with van der Waals surface area (Å²) in [5.74, 6) is 0.288. The van der Waals surface area contributed by atoms with Crippen LogP contribution < -0.4 is 0 Å². The van der Waals surface area contributed by atoms with Crippen molar-refractivity contribution in [1.29, 1.82) is 0 Å². The van der Waals surface area contributed by atoms with E-state index in [0.717, 1.165) is 12.1 Å². The fourth-order valence-electron chi connectivity index (χ4n) is 2.74. The van der Waals surface area contributed by atoms with E-state index in [1.54, 1.807) is 11.8 Å². The normalized spacial score (nSPS) is 16.0. The van der Waals surface area contributed by atoms with Crippen LogP contribution in [-0.2, 0) is 21.2 Å². The van der Waals surface area contributed by atoms with Gasteiger partial charge in [0.2, 0.25) is 27.7 Å². The summed E-state index contributed by atoms with van der Waals surface area (Å²) >= 11 is 0. The Bertz CT molecular complexity index is 874. The van der Waals surface area contributed by atoms with Crippen LogP contribution in [0.1, 0.15) is 18.2 Å². The Morgan fingerprint density at radius 2 is 1.81 bits per heavy atom. The van der Waals surface area contributed by atoms with Gasteiger partial charge in [-0.3, -0.25) is 4.79 Å². The minimum atomic E-state index is -3.68. The summed E-state index contributed by atoms with van der Waals surface area (Å²) in [5.41, 5.74) is 0.